The molecule has 0 saturated carbocycles. The number of benzene rings is 2. The Labute approximate surface area is 253 Å². The van der Waals surface area contributed by atoms with Crippen molar-refractivity contribution in [3.05, 3.63) is 88.7 Å². The van der Waals surface area contributed by atoms with Crippen molar-refractivity contribution in [1.29, 1.82) is 0 Å². The number of sulfonamides is 1. The first-order valence-electron chi connectivity index (χ1n) is 15.3. The van der Waals surface area contributed by atoms with Crippen LogP contribution in [0.4, 0.5) is 0 Å². The van der Waals surface area contributed by atoms with Gasteiger partial charge in [-0.2, -0.15) is 4.31 Å². The normalized spacial score (nSPS) is 11.7. The van der Waals surface area contributed by atoms with Crippen molar-refractivity contribution in [2.45, 2.75) is 110 Å². The number of nitrogens with zero attached hydrogens (tertiary/aromatic N) is 2. The maximum Gasteiger partial charge on any atom is 0.243 e. The van der Waals surface area contributed by atoms with Gasteiger partial charge in [-0.3, -0.25) is 0 Å². The molecule has 0 aliphatic heterocycles. The molecule has 0 radical (unpaired) electrons. The Morgan fingerprint density at radius 3 is 2.10 bits per heavy atom. The molecule has 7 heteroatoms. The van der Waals surface area contributed by atoms with E-state index in [1.54, 1.807) is 12.1 Å². The molecule has 0 bridgehead atoms. The fourth-order valence-electron chi connectivity index (χ4n) is 4.96. The van der Waals surface area contributed by atoms with Crippen LogP contribution in [0.1, 0.15) is 94.9 Å². The van der Waals surface area contributed by atoms with Crippen LogP contribution in [0.15, 0.2) is 71.8 Å². The van der Waals surface area contributed by atoms with Crippen LogP contribution in [-0.4, -0.2) is 19.3 Å². The number of rotatable bonds is 19. The maximum atomic E-state index is 13.8. The lowest BCUT2D eigenvalue weighted by Gasteiger charge is -2.22. The molecular weight excluding hydrogens is 552 g/mol. The van der Waals surface area contributed by atoms with E-state index in [9.17, 15) is 8.42 Å². The van der Waals surface area contributed by atoms with E-state index in [1.165, 1.54) is 55.7 Å². The summed E-state index contributed by atoms with van der Waals surface area (Å²) < 4.78 is 37.1. The van der Waals surface area contributed by atoms with Crippen LogP contribution < -0.4 is 9.30 Å². The predicted octanol–water partition coefficient (Wildman–Crippen LogP) is 8.65. The molecule has 0 unspecified atom stereocenters. The molecule has 2 aromatic carbocycles. The Kier molecular flexibility index (Phi) is 14.1. The van der Waals surface area contributed by atoms with Crippen molar-refractivity contribution in [3.8, 4) is 5.75 Å². The SMILES string of the molecule is CCCCCCCCCCCCOc1ccc(CN(Cc2cccc[n+]2CC)S(=O)(=O)c2ccc(C)cc2)cc1Cl. The zero-order valence-corrected chi connectivity index (χ0v) is 26.7. The number of aromatic nitrogens is 1. The highest BCUT2D eigenvalue weighted by atomic mass is 35.5. The summed E-state index contributed by atoms with van der Waals surface area (Å²) in [6.07, 6.45) is 14.8. The molecule has 0 fully saturated rings. The summed E-state index contributed by atoms with van der Waals surface area (Å²) in [6.45, 7) is 8.10. The van der Waals surface area contributed by atoms with Gasteiger partial charge in [0, 0.05) is 18.7 Å². The third-order valence-electron chi connectivity index (χ3n) is 7.48. The van der Waals surface area contributed by atoms with Crippen LogP contribution in [0, 0.1) is 6.92 Å². The first kappa shape index (κ1) is 33.1. The highest BCUT2D eigenvalue weighted by molar-refractivity contribution is 7.89. The molecular formula is C34H48ClN2O3S+. The minimum Gasteiger partial charge on any atom is -0.492 e. The molecule has 3 aromatic rings. The lowest BCUT2D eigenvalue weighted by Crippen LogP contribution is -2.41. The highest BCUT2D eigenvalue weighted by Gasteiger charge is 2.28. The monoisotopic (exact) mass is 599 g/mol. The molecule has 0 amide bonds. The average Bonchev–Trinajstić information content (AvgIpc) is 2.97. The van der Waals surface area contributed by atoms with Gasteiger partial charge in [0.05, 0.1) is 23.1 Å². The number of aryl methyl sites for hydroxylation is 2. The van der Waals surface area contributed by atoms with E-state index in [0.29, 0.717) is 17.4 Å². The van der Waals surface area contributed by atoms with Gasteiger partial charge < -0.3 is 4.74 Å². The van der Waals surface area contributed by atoms with Crippen molar-refractivity contribution in [2.24, 2.45) is 0 Å². The van der Waals surface area contributed by atoms with Crippen molar-refractivity contribution >= 4 is 21.6 Å². The molecule has 1 aromatic heterocycles. The summed E-state index contributed by atoms with van der Waals surface area (Å²) in [5, 5.41) is 0.505. The van der Waals surface area contributed by atoms with E-state index < -0.39 is 10.0 Å². The summed E-state index contributed by atoms with van der Waals surface area (Å²) in [5.41, 5.74) is 2.76. The van der Waals surface area contributed by atoms with E-state index in [-0.39, 0.29) is 18.0 Å². The van der Waals surface area contributed by atoms with Crippen LogP contribution in [0.5, 0.6) is 5.75 Å². The fraction of sp³-hybridized carbons (Fsp3) is 0.500. The first-order valence-corrected chi connectivity index (χ1v) is 17.1. The Morgan fingerprint density at radius 1 is 0.805 bits per heavy atom. The second kappa shape index (κ2) is 17.5. The molecule has 224 valence electrons. The summed E-state index contributed by atoms with van der Waals surface area (Å²) in [4.78, 5) is 0.282. The minimum absolute atomic E-state index is 0.202. The van der Waals surface area contributed by atoms with Gasteiger partial charge >= 0.3 is 0 Å². The average molecular weight is 600 g/mol. The van der Waals surface area contributed by atoms with E-state index in [1.807, 2.05) is 61.7 Å². The van der Waals surface area contributed by atoms with E-state index in [4.69, 9.17) is 16.3 Å². The van der Waals surface area contributed by atoms with Crippen molar-refractivity contribution in [2.75, 3.05) is 6.61 Å². The van der Waals surface area contributed by atoms with Crippen LogP contribution in [0.2, 0.25) is 5.02 Å². The number of unbranched alkanes of at least 4 members (excludes halogenated alkanes) is 9. The Balaban J connectivity index is 1.60. The fourth-order valence-corrected chi connectivity index (χ4v) is 6.62. The predicted molar refractivity (Wildman–Crippen MR) is 169 cm³/mol. The molecule has 0 saturated heterocycles. The second-order valence-electron chi connectivity index (χ2n) is 10.9. The molecule has 1 heterocycles. The number of hydrogen-bond donors (Lipinski definition) is 0. The summed E-state index contributed by atoms with van der Waals surface area (Å²) in [5.74, 6) is 0.645. The van der Waals surface area contributed by atoms with Crippen LogP contribution in [-0.2, 0) is 29.7 Å². The van der Waals surface area contributed by atoms with Gasteiger partial charge in [-0.15, -0.1) is 0 Å². The van der Waals surface area contributed by atoms with Crippen LogP contribution in [0.25, 0.3) is 0 Å². The summed E-state index contributed by atoms with van der Waals surface area (Å²) in [6, 6.07) is 18.5. The lowest BCUT2D eigenvalue weighted by molar-refractivity contribution is -0.701. The van der Waals surface area contributed by atoms with Crippen molar-refractivity contribution < 1.29 is 17.7 Å². The topological polar surface area (TPSA) is 50.5 Å². The molecule has 0 atom stereocenters. The zero-order valence-electron chi connectivity index (χ0n) is 25.2. The molecule has 41 heavy (non-hydrogen) atoms. The third-order valence-corrected chi connectivity index (χ3v) is 9.58. The molecule has 0 spiro atoms. The van der Waals surface area contributed by atoms with Gasteiger partial charge in [0.1, 0.15) is 12.3 Å². The molecule has 3 rings (SSSR count). The molecule has 0 aliphatic rings. The second-order valence-corrected chi connectivity index (χ2v) is 13.2. The lowest BCUT2D eigenvalue weighted by atomic mass is 10.1. The Morgan fingerprint density at radius 2 is 1.46 bits per heavy atom. The van der Waals surface area contributed by atoms with E-state index in [2.05, 4.69) is 18.4 Å². The number of pyridine rings is 1. The zero-order chi connectivity index (χ0) is 29.5. The quantitative estimate of drug-likeness (QED) is 0.102. The number of halogens is 1. The minimum atomic E-state index is -3.75. The van der Waals surface area contributed by atoms with Gasteiger partial charge in [-0.25, -0.2) is 13.0 Å². The van der Waals surface area contributed by atoms with Gasteiger partial charge in [0.25, 0.3) is 0 Å². The number of hydrogen-bond acceptors (Lipinski definition) is 3. The molecule has 0 N–H and O–H groups in total. The standard InChI is InChI=1S/C34H48ClN2O3S/c1-4-6-7-8-9-10-11-12-13-16-25-40-34-23-20-30(26-33(34)35)27-37(28-31-17-14-15-24-36(31)5-2)41(38,39)32-21-18-29(3)19-22-32/h14-15,17-24,26H,4-13,16,25,27-28H2,1-3H3/q+1. The van der Waals surface area contributed by atoms with Crippen LogP contribution >= 0.6 is 11.6 Å². The molecule has 0 aliphatic carbocycles. The van der Waals surface area contributed by atoms with Crippen LogP contribution in [0.3, 0.4) is 0 Å². The van der Waals surface area contributed by atoms with Crippen molar-refractivity contribution in [1.82, 2.24) is 4.31 Å². The Bertz CT molecular complexity index is 1300. The largest absolute Gasteiger partial charge is 0.492 e. The van der Waals surface area contributed by atoms with Gasteiger partial charge in [0.2, 0.25) is 10.0 Å². The van der Waals surface area contributed by atoms with Crippen molar-refractivity contribution in [3.63, 3.8) is 0 Å². The van der Waals surface area contributed by atoms with Gasteiger partial charge in [-0.05, 0) is 50.1 Å². The van der Waals surface area contributed by atoms with E-state index in [0.717, 1.165) is 36.2 Å². The van der Waals surface area contributed by atoms with Gasteiger partial charge in [-0.1, -0.05) is 106 Å². The highest BCUT2D eigenvalue weighted by Crippen LogP contribution is 2.28. The summed E-state index contributed by atoms with van der Waals surface area (Å²) >= 11 is 6.61. The smallest absolute Gasteiger partial charge is 0.243 e. The molecule has 5 nitrogen and oxygen atoms in total. The van der Waals surface area contributed by atoms with E-state index >= 15 is 0 Å². The summed E-state index contributed by atoms with van der Waals surface area (Å²) in [7, 11) is -3.75. The maximum absolute atomic E-state index is 13.8. The van der Waals surface area contributed by atoms with Gasteiger partial charge in [0.15, 0.2) is 11.9 Å². The third kappa shape index (κ3) is 10.7. The first-order chi connectivity index (χ1) is 19.8. The number of ether oxygens (including phenoxy) is 1. The Hall–Kier alpha value is -2.41.